The average molecular weight is 450 g/mol. The molecule has 1 amide bonds. The van der Waals surface area contributed by atoms with Gasteiger partial charge in [-0.05, 0) is 48.7 Å². The molecule has 0 saturated heterocycles. The van der Waals surface area contributed by atoms with E-state index in [0.29, 0.717) is 29.7 Å². The lowest BCUT2D eigenvalue weighted by Crippen LogP contribution is -2.21. The second kappa shape index (κ2) is 10.7. The second-order valence-corrected chi connectivity index (χ2v) is 7.45. The molecule has 0 radical (unpaired) electrons. The number of nitrogens with one attached hydrogen (secondary N) is 1. The zero-order valence-corrected chi connectivity index (χ0v) is 17.7. The van der Waals surface area contributed by atoms with E-state index in [1.807, 2.05) is 6.07 Å². The van der Waals surface area contributed by atoms with Crippen molar-refractivity contribution >= 4 is 33.5 Å². The molecule has 0 aliphatic rings. The van der Waals surface area contributed by atoms with E-state index >= 15 is 0 Å². The van der Waals surface area contributed by atoms with Crippen LogP contribution in [0.15, 0.2) is 46.9 Å². The molecule has 0 aromatic heterocycles. The summed E-state index contributed by atoms with van der Waals surface area (Å²) >= 11 is 3.33. The molecule has 28 heavy (non-hydrogen) atoms. The number of hydrogen-bond donors (Lipinski definition) is 1. The Morgan fingerprint density at radius 1 is 1.11 bits per heavy atom. The van der Waals surface area contributed by atoms with Crippen LogP contribution in [-0.2, 0) is 9.53 Å². The third-order valence-electron chi connectivity index (χ3n) is 3.79. The first-order valence-electron chi connectivity index (χ1n) is 8.92. The number of benzene rings is 2. The third kappa shape index (κ3) is 6.88. The predicted molar refractivity (Wildman–Crippen MR) is 111 cm³/mol. The van der Waals surface area contributed by atoms with Gasteiger partial charge in [0.25, 0.3) is 5.91 Å². The number of rotatable bonds is 9. The summed E-state index contributed by atoms with van der Waals surface area (Å²) in [5.74, 6) is 0.496. The molecule has 2 aromatic rings. The minimum atomic E-state index is -0.614. The van der Waals surface area contributed by atoms with Crippen molar-refractivity contribution in [1.82, 2.24) is 0 Å². The molecule has 2 rings (SSSR count). The monoisotopic (exact) mass is 449 g/mol. The molecule has 0 bridgehead atoms. The van der Waals surface area contributed by atoms with Gasteiger partial charge < -0.3 is 19.5 Å². The fourth-order valence-electron chi connectivity index (χ4n) is 2.30. The molecular formula is C21H24BrNO5. The SMILES string of the molecule is COc1cc(C(=O)OCC(=O)Nc2cccc(Br)c2)ccc1OCCC(C)C. The van der Waals surface area contributed by atoms with Crippen LogP contribution in [0.5, 0.6) is 11.5 Å². The molecule has 0 saturated carbocycles. The number of amides is 1. The van der Waals surface area contributed by atoms with Crippen molar-refractivity contribution in [2.45, 2.75) is 20.3 Å². The highest BCUT2D eigenvalue weighted by Gasteiger charge is 2.14. The summed E-state index contributed by atoms with van der Waals surface area (Å²) < 4.78 is 16.9. The summed E-state index contributed by atoms with van der Waals surface area (Å²) in [5.41, 5.74) is 0.892. The van der Waals surface area contributed by atoms with Crippen molar-refractivity contribution < 1.29 is 23.8 Å². The summed E-state index contributed by atoms with van der Waals surface area (Å²) in [5, 5.41) is 2.66. The standard InChI is InChI=1S/C21H24BrNO5/c1-14(2)9-10-27-18-8-7-15(11-19(18)26-3)21(25)28-13-20(24)23-17-6-4-5-16(22)12-17/h4-8,11-12,14H,9-10,13H2,1-3H3,(H,23,24). The van der Waals surface area contributed by atoms with Crippen LogP contribution in [0.2, 0.25) is 0 Å². The van der Waals surface area contributed by atoms with Gasteiger partial charge in [0.2, 0.25) is 0 Å². The maximum atomic E-state index is 12.2. The van der Waals surface area contributed by atoms with Crippen LogP contribution in [0.4, 0.5) is 5.69 Å². The number of esters is 1. The Balaban J connectivity index is 1.91. The topological polar surface area (TPSA) is 73.9 Å². The van der Waals surface area contributed by atoms with E-state index in [1.165, 1.54) is 7.11 Å². The number of methoxy groups -OCH3 is 1. The van der Waals surface area contributed by atoms with Crippen LogP contribution >= 0.6 is 15.9 Å². The Labute approximate surface area is 173 Å². The van der Waals surface area contributed by atoms with Crippen molar-refractivity contribution in [2.75, 3.05) is 25.6 Å². The van der Waals surface area contributed by atoms with Gasteiger partial charge in [0.15, 0.2) is 18.1 Å². The lowest BCUT2D eigenvalue weighted by Gasteiger charge is -2.13. The number of halogens is 1. The van der Waals surface area contributed by atoms with Gasteiger partial charge >= 0.3 is 5.97 Å². The van der Waals surface area contributed by atoms with Gasteiger partial charge in [-0.3, -0.25) is 4.79 Å². The quantitative estimate of drug-likeness (QED) is 0.562. The summed E-state index contributed by atoms with van der Waals surface area (Å²) in [6.45, 7) is 4.41. The second-order valence-electron chi connectivity index (χ2n) is 6.53. The van der Waals surface area contributed by atoms with Crippen LogP contribution in [0.25, 0.3) is 0 Å². The van der Waals surface area contributed by atoms with E-state index in [0.717, 1.165) is 10.9 Å². The van der Waals surface area contributed by atoms with Gasteiger partial charge in [0.1, 0.15) is 0 Å². The Morgan fingerprint density at radius 3 is 2.57 bits per heavy atom. The van der Waals surface area contributed by atoms with Crippen molar-refractivity contribution in [3.8, 4) is 11.5 Å². The van der Waals surface area contributed by atoms with E-state index in [-0.39, 0.29) is 12.2 Å². The molecule has 0 fully saturated rings. The van der Waals surface area contributed by atoms with E-state index in [9.17, 15) is 9.59 Å². The fraction of sp³-hybridized carbons (Fsp3) is 0.333. The van der Waals surface area contributed by atoms with Gasteiger partial charge in [-0.2, -0.15) is 0 Å². The van der Waals surface area contributed by atoms with E-state index in [4.69, 9.17) is 14.2 Å². The molecule has 0 heterocycles. The molecule has 1 N–H and O–H groups in total. The van der Waals surface area contributed by atoms with Crippen molar-refractivity contribution in [2.24, 2.45) is 5.92 Å². The molecule has 7 heteroatoms. The van der Waals surface area contributed by atoms with Crippen molar-refractivity contribution in [1.29, 1.82) is 0 Å². The highest BCUT2D eigenvalue weighted by Crippen LogP contribution is 2.28. The van der Waals surface area contributed by atoms with Crippen LogP contribution in [0.1, 0.15) is 30.6 Å². The predicted octanol–water partition coefficient (Wildman–Crippen LogP) is 4.68. The highest BCUT2D eigenvalue weighted by molar-refractivity contribution is 9.10. The summed E-state index contributed by atoms with van der Waals surface area (Å²) in [7, 11) is 1.51. The summed E-state index contributed by atoms with van der Waals surface area (Å²) in [6, 6.07) is 11.9. The first-order valence-corrected chi connectivity index (χ1v) is 9.71. The minimum Gasteiger partial charge on any atom is -0.493 e. The largest absolute Gasteiger partial charge is 0.493 e. The van der Waals surface area contributed by atoms with Crippen molar-refractivity contribution in [3.05, 3.63) is 52.5 Å². The van der Waals surface area contributed by atoms with Crippen LogP contribution in [0, 0.1) is 5.92 Å². The molecule has 0 unspecified atom stereocenters. The Morgan fingerprint density at radius 2 is 1.89 bits per heavy atom. The molecular weight excluding hydrogens is 426 g/mol. The van der Waals surface area contributed by atoms with Crippen LogP contribution < -0.4 is 14.8 Å². The van der Waals surface area contributed by atoms with Gasteiger partial charge in [-0.25, -0.2) is 4.79 Å². The molecule has 150 valence electrons. The zero-order chi connectivity index (χ0) is 20.5. The smallest absolute Gasteiger partial charge is 0.338 e. The highest BCUT2D eigenvalue weighted by atomic mass is 79.9. The van der Waals surface area contributed by atoms with Gasteiger partial charge in [0, 0.05) is 10.2 Å². The summed E-state index contributed by atoms with van der Waals surface area (Å²) in [4.78, 5) is 24.2. The van der Waals surface area contributed by atoms with Gasteiger partial charge in [-0.1, -0.05) is 35.8 Å². The number of hydrogen-bond acceptors (Lipinski definition) is 5. The maximum absolute atomic E-state index is 12.2. The van der Waals surface area contributed by atoms with Gasteiger partial charge in [-0.15, -0.1) is 0 Å². The lowest BCUT2D eigenvalue weighted by molar-refractivity contribution is -0.119. The number of ether oxygens (including phenoxy) is 3. The lowest BCUT2D eigenvalue weighted by atomic mass is 10.1. The molecule has 0 aliphatic heterocycles. The molecule has 0 spiro atoms. The fourth-order valence-corrected chi connectivity index (χ4v) is 2.70. The van der Waals surface area contributed by atoms with Crippen LogP contribution in [-0.4, -0.2) is 32.2 Å². The number of carbonyl (C=O) groups is 2. The maximum Gasteiger partial charge on any atom is 0.338 e. The zero-order valence-electron chi connectivity index (χ0n) is 16.2. The first-order chi connectivity index (χ1) is 13.4. The Hall–Kier alpha value is -2.54. The first kappa shape index (κ1) is 21.8. The molecule has 0 aliphatic carbocycles. The summed E-state index contributed by atoms with van der Waals surface area (Å²) in [6.07, 6.45) is 0.917. The normalized spacial score (nSPS) is 10.5. The van der Waals surface area contributed by atoms with E-state index in [2.05, 4.69) is 35.1 Å². The Kier molecular flexibility index (Phi) is 8.32. The molecule has 2 aromatic carbocycles. The average Bonchev–Trinajstić information content (AvgIpc) is 2.66. The van der Waals surface area contributed by atoms with Gasteiger partial charge in [0.05, 0.1) is 19.3 Å². The number of carbonyl (C=O) groups excluding carboxylic acids is 2. The number of anilines is 1. The third-order valence-corrected chi connectivity index (χ3v) is 4.29. The van der Waals surface area contributed by atoms with E-state index < -0.39 is 11.9 Å². The molecule has 0 atom stereocenters. The van der Waals surface area contributed by atoms with Crippen LogP contribution in [0.3, 0.4) is 0 Å². The van der Waals surface area contributed by atoms with E-state index in [1.54, 1.807) is 36.4 Å². The molecule has 6 nitrogen and oxygen atoms in total. The minimum absolute atomic E-state index is 0.281. The Bertz CT molecular complexity index is 822. The van der Waals surface area contributed by atoms with Crippen molar-refractivity contribution in [3.63, 3.8) is 0 Å².